The number of hydrogen-bond donors (Lipinski definition) is 0. The second-order valence-corrected chi connectivity index (χ2v) is 1.04. The maximum atomic E-state index is 3.46. The molecule has 0 radical (unpaired) electrons. The summed E-state index contributed by atoms with van der Waals surface area (Å²) in [5.74, 6) is 0. The average molecular weight is 92.0 g/mol. The van der Waals surface area contributed by atoms with Gasteiger partial charge in [-0.15, -0.1) is 0 Å². The van der Waals surface area contributed by atoms with E-state index in [1.54, 1.807) is 0 Å². The Morgan fingerprint density at radius 2 is 2.25 bits per heavy atom. The Labute approximate surface area is 35.9 Å². The van der Waals surface area contributed by atoms with Crippen LogP contribution >= 0.6 is 0 Å². The number of rotatable bonds is 1. The zero-order valence-corrected chi connectivity index (χ0v) is 3.84. The van der Waals surface area contributed by atoms with Gasteiger partial charge in [-0.3, -0.25) is 0 Å². The van der Waals surface area contributed by atoms with Crippen LogP contribution in [0.15, 0.2) is 12.7 Å². The molecule has 0 saturated heterocycles. The van der Waals surface area contributed by atoms with Gasteiger partial charge in [-0.2, -0.15) is 0 Å². The fraction of sp³-hybridized carbons (Fsp3) is 0.333. The summed E-state index contributed by atoms with van der Waals surface area (Å²) in [5.41, 5.74) is 0. The molecule has 0 saturated carbocycles. The molecule has 0 amide bonds. The fourth-order valence-corrected chi connectivity index (χ4v) is 0. The van der Waals surface area contributed by atoms with Crippen LogP contribution in [-0.4, -0.2) is 0 Å². The molecule has 0 aromatic carbocycles. The van der Waals surface area contributed by atoms with Gasteiger partial charge in [-0.1, -0.05) is 0 Å². The van der Waals surface area contributed by atoms with Gasteiger partial charge in [0, 0.05) is 0 Å². The van der Waals surface area contributed by atoms with Crippen LogP contribution in [0, 0.1) is 0 Å². The monoisotopic (exact) mass is 92.0 g/mol. The van der Waals surface area contributed by atoms with Crippen LogP contribution in [0.4, 0.5) is 0 Å². The summed E-state index contributed by atoms with van der Waals surface area (Å²) in [6, 6.07) is 0. The molecule has 0 bridgehead atoms. The van der Waals surface area contributed by atoms with E-state index < -0.39 is 0 Å². The van der Waals surface area contributed by atoms with E-state index in [9.17, 15) is 0 Å². The van der Waals surface area contributed by atoms with Gasteiger partial charge >= 0.3 is 35.2 Å². The Balaban J connectivity index is 2.30. The van der Waals surface area contributed by atoms with Crippen LogP contribution in [0.5, 0.6) is 0 Å². The van der Waals surface area contributed by atoms with Gasteiger partial charge < -0.3 is 0 Å². The average Bonchev–Trinajstić information content (AvgIpc) is 1.37. The molecule has 0 aromatic rings. The van der Waals surface area contributed by atoms with Gasteiger partial charge in [-0.05, 0) is 0 Å². The molecule has 22 valence electrons. The summed E-state index contributed by atoms with van der Waals surface area (Å²) >= 11 is 2.42. The van der Waals surface area contributed by atoms with E-state index in [0.29, 0.717) is 0 Å². The first-order valence-electron chi connectivity index (χ1n) is 1.13. The molecule has 0 N–H and O–H groups in total. The minimum atomic E-state index is 1.02. The second-order valence-electron chi connectivity index (χ2n) is 0.471. The SMILES string of the molecule is C=C[CH2][V]. The first-order valence-corrected chi connectivity index (χ1v) is 2.12. The predicted octanol–water partition coefficient (Wildman–Crippen LogP) is 1.14. The van der Waals surface area contributed by atoms with Crippen LogP contribution in [-0.2, 0) is 17.4 Å². The molecule has 0 atom stereocenters. The molecule has 0 rings (SSSR count). The van der Waals surface area contributed by atoms with E-state index in [-0.39, 0.29) is 0 Å². The van der Waals surface area contributed by atoms with Gasteiger partial charge in [0.05, 0.1) is 0 Å². The van der Waals surface area contributed by atoms with Crippen molar-refractivity contribution in [2.24, 2.45) is 0 Å². The van der Waals surface area contributed by atoms with Gasteiger partial charge in [0.2, 0.25) is 0 Å². The Hall–Kier alpha value is 0.324. The first-order chi connectivity index (χ1) is 1.91. The minimum absolute atomic E-state index is 1.02. The molecule has 4 heavy (non-hydrogen) atoms. The van der Waals surface area contributed by atoms with Crippen molar-refractivity contribution in [2.45, 2.75) is 5.13 Å². The Morgan fingerprint density at radius 3 is 2.25 bits per heavy atom. The van der Waals surface area contributed by atoms with Crippen LogP contribution in [0.2, 0.25) is 5.13 Å². The summed E-state index contributed by atoms with van der Waals surface area (Å²) in [4.78, 5) is 0. The van der Waals surface area contributed by atoms with Gasteiger partial charge in [0.25, 0.3) is 0 Å². The molecule has 0 aromatic heterocycles. The molecular formula is C3H5V. The summed E-state index contributed by atoms with van der Waals surface area (Å²) in [7, 11) is 0. The Kier molecular flexibility index (Phi) is 3.59. The van der Waals surface area contributed by atoms with Crippen molar-refractivity contribution >= 4 is 0 Å². The summed E-state index contributed by atoms with van der Waals surface area (Å²) < 4.78 is 0. The molecule has 0 aliphatic carbocycles. The van der Waals surface area contributed by atoms with Gasteiger partial charge in [0.1, 0.15) is 0 Å². The molecule has 0 aliphatic rings. The first kappa shape index (κ1) is 4.32. The molecule has 1 heteroatoms. The second kappa shape index (κ2) is 3.32. The van der Waals surface area contributed by atoms with Crippen molar-refractivity contribution < 1.29 is 17.4 Å². The molecule has 0 fully saturated rings. The zero-order valence-electron chi connectivity index (χ0n) is 2.44. The topological polar surface area (TPSA) is 0 Å². The third kappa shape index (κ3) is 2.32. The van der Waals surface area contributed by atoms with Crippen LogP contribution in [0.25, 0.3) is 0 Å². The summed E-state index contributed by atoms with van der Waals surface area (Å²) in [6.45, 7) is 3.46. The van der Waals surface area contributed by atoms with Crippen LogP contribution < -0.4 is 0 Å². The fourth-order valence-electron chi connectivity index (χ4n) is 0. The van der Waals surface area contributed by atoms with Crippen LogP contribution in [0.3, 0.4) is 0 Å². The van der Waals surface area contributed by atoms with E-state index in [1.807, 2.05) is 6.08 Å². The van der Waals surface area contributed by atoms with E-state index in [4.69, 9.17) is 0 Å². The molecule has 0 unspecified atom stereocenters. The zero-order chi connectivity index (χ0) is 3.41. The number of hydrogen-bond acceptors (Lipinski definition) is 0. The van der Waals surface area contributed by atoms with E-state index in [2.05, 4.69) is 24.0 Å². The maximum absolute atomic E-state index is 3.46. The third-order valence-corrected chi connectivity index (χ3v) is 0.532. The normalized spacial score (nSPS) is 6.00. The Morgan fingerprint density at radius 1 is 2.00 bits per heavy atom. The predicted molar refractivity (Wildman–Crippen MR) is 15.0 cm³/mol. The molecule has 0 heterocycles. The van der Waals surface area contributed by atoms with Crippen molar-refractivity contribution in [3.05, 3.63) is 12.7 Å². The third-order valence-electron chi connectivity index (χ3n) is 0.129. The van der Waals surface area contributed by atoms with Gasteiger partial charge in [-0.25, -0.2) is 0 Å². The summed E-state index contributed by atoms with van der Waals surface area (Å²) in [6.07, 6.45) is 1.85. The molecule has 0 nitrogen and oxygen atoms in total. The van der Waals surface area contributed by atoms with Crippen molar-refractivity contribution in [1.29, 1.82) is 0 Å². The van der Waals surface area contributed by atoms with Crippen LogP contribution in [0.1, 0.15) is 0 Å². The van der Waals surface area contributed by atoms with Crippen molar-refractivity contribution in [3.8, 4) is 0 Å². The van der Waals surface area contributed by atoms with E-state index >= 15 is 0 Å². The van der Waals surface area contributed by atoms with E-state index in [0.717, 1.165) is 5.13 Å². The van der Waals surface area contributed by atoms with E-state index in [1.165, 1.54) is 0 Å². The van der Waals surface area contributed by atoms with Crippen molar-refractivity contribution in [2.75, 3.05) is 0 Å². The standard InChI is InChI=1S/C3H5.V/c1-3-2;/h3H,1-2H2;. The molecule has 0 spiro atoms. The quantitative estimate of drug-likeness (QED) is 0.425. The Bertz CT molecular complexity index is 17.2. The summed E-state index contributed by atoms with van der Waals surface area (Å²) in [5, 5.41) is 1.02. The number of allylic oxidation sites excluding steroid dienone is 1. The van der Waals surface area contributed by atoms with Crippen molar-refractivity contribution in [1.82, 2.24) is 0 Å². The molecule has 0 aliphatic heterocycles. The molecular weight excluding hydrogens is 87.0 g/mol. The van der Waals surface area contributed by atoms with Crippen molar-refractivity contribution in [3.63, 3.8) is 0 Å². The van der Waals surface area contributed by atoms with Gasteiger partial charge in [0.15, 0.2) is 0 Å².